The van der Waals surface area contributed by atoms with Crippen LogP contribution in [0, 0.1) is 22.7 Å². The summed E-state index contributed by atoms with van der Waals surface area (Å²) in [6.45, 7) is 5.76. The highest BCUT2D eigenvalue weighted by atomic mass is 32.2. The lowest BCUT2D eigenvalue weighted by atomic mass is 9.93. The van der Waals surface area contributed by atoms with E-state index < -0.39 is 6.17 Å². The van der Waals surface area contributed by atoms with Crippen molar-refractivity contribution in [3.05, 3.63) is 48.2 Å². The Hall–Kier alpha value is -3.34. The number of amides is 1. The van der Waals surface area contributed by atoms with Gasteiger partial charge in [-0.1, -0.05) is 6.07 Å². The summed E-state index contributed by atoms with van der Waals surface area (Å²) < 4.78 is 25.9. The molecule has 3 aromatic heterocycles. The van der Waals surface area contributed by atoms with Gasteiger partial charge >= 0.3 is 0 Å². The molecule has 2 atom stereocenters. The number of rotatable bonds is 5. The molecule has 4 fully saturated rings. The lowest BCUT2D eigenvalue weighted by Gasteiger charge is -2.34. The Morgan fingerprint density at radius 1 is 1.09 bits per heavy atom. The van der Waals surface area contributed by atoms with Gasteiger partial charge < -0.3 is 15.0 Å². The first-order valence-corrected chi connectivity index (χ1v) is 16.4. The maximum atomic E-state index is 15.1. The van der Waals surface area contributed by atoms with Crippen LogP contribution in [0.15, 0.2) is 47.6 Å². The van der Waals surface area contributed by atoms with Gasteiger partial charge in [-0.2, -0.15) is 0 Å². The Morgan fingerprint density at radius 3 is 2.70 bits per heavy atom. The first-order valence-electron chi connectivity index (χ1n) is 15.6. The number of hydrogen-bond acceptors (Lipinski definition) is 8. The molecule has 3 aromatic rings. The monoisotopic (exact) mass is 603 g/mol. The number of pyridine rings is 2. The number of carbonyl (C=O) groups is 1. The second-order valence-corrected chi connectivity index (χ2v) is 14.6. The number of halogens is 1. The number of nitrogens with zero attached hydrogens (tertiary/aromatic N) is 5. The minimum atomic E-state index is -1.02. The molecule has 2 spiro atoms. The maximum Gasteiger partial charge on any atom is 0.265 e. The van der Waals surface area contributed by atoms with Gasteiger partial charge in [0.15, 0.2) is 5.82 Å². The molecule has 5 aliphatic rings. The Balaban J connectivity index is 1.05. The third-order valence-corrected chi connectivity index (χ3v) is 11.4. The number of alkyl halides is 1. The summed E-state index contributed by atoms with van der Waals surface area (Å²) in [5.74, 6) is 3.05. The highest BCUT2D eigenvalue weighted by Crippen LogP contribution is 2.93. The van der Waals surface area contributed by atoms with E-state index in [1.165, 1.54) is 25.7 Å². The fraction of sp³-hybridized carbons (Fsp3) is 0.562. The highest BCUT2D eigenvalue weighted by Gasteiger charge is 2.85. The maximum absolute atomic E-state index is 15.1. The van der Waals surface area contributed by atoms with Crippen LogP contribution in [-0.2, 0) is 0 Å². The van der Waals surface area contributed by atoms with E-state index in [0.29, 0.717) is 64.3 Å². The quantitative estimate of drug-likeness (QED) is 0.353. The van der Waals surface area contributed by atoms with Crippen molar-refractivity contribution >= 4 is 29.5 Å². The van der Waals surface area contributed by atoms with E-state index >= 15 is 4.39 Å². The molecule has 3 aliphatic carbocycles. The molecule has 1 saturated heterocycles. The van der Waals surface area contributed by atoms with Gasteiger partial charge in [-0.05, 0) is 106 Å². The number of aromatic nitrogens is 4. The lowest BCUT2D eigenvalue weighted by molar-refractivity contribution is 0.0984. The lowest BCUT2D eigenvalue weighted by Crippen LogP contribution is -2.40. The topological polar surface area (TPSA) is 97.2 Å². The molecule has 11 heteroatoms. The predicted molar refractivity (Wildman–Crippen MR) is 163 cm³/mol. The van der Waals surface area contributed by atoms with E-state index in [2.05, 4.69) is 38.9 Å². The third-order valence-electron chi connectivity index (χ3n) is 10.7. The summed E-state index contributed by atoms with van der Waals surface area (Å²) in [6.07, 6.45) is 8.82. The van der Waals surface area contributed by atoms with Crippen molar-refractivity contribution in [1.82, 2.24) is 24.5 Å². The standard InChI is InChI=1S/C32H38FN7O2S/c1-30(2)17-20-16-21(33)18-34-24-4-3-5-27(35-24)43-38-29(41)22-6-7-25(36-28(22)39(30)19-20)40-14-8-26(37-40)42-15-9-23-31(10-11-31)32(23)12-13-32/h3-8,14,20-21,23H,9-13,15-19H2,1-2H3,(H,34,35)(H,38,41). The van der Waals surface area contributed by atoms with Crippen LogP contribution < -0.4 is 19.7 Å². The van der Waals surface area contributed by atoms with Crippen LogP contribution in [0.2, 0.25) is 0 Å². The van der Waals surface area contributed by atoms with E-state index in [9.17, 15) is 4.79 Å². The van der Waals surface area contributed by atoms with E-state index in [-0.39, 0.29) is 23.9 Å². The number of carbonyl (C=O) groups excluding carboxylic acids is 1. The van der Waals surface area contributed by atoms with Gasteiger partial charge in [-0.25, -0.2) is 19.0 Å². The largest absolute Gasteiger partial charge is 0.477 e. The fourth-order valence-electron chi connectivity index (χ4n) is 8.40. The first-order chi connectivity index (χ1) is 20.8. The third kappa shape index (κ3) is 4.74. The Morgan fingerprint density at radius 2 is 1.91 bits per heavy atom. The Bertz CT molecular complexity index is 1550. The molecular weight excluding hydrogens is 565 g/mol. The summed E-state index contributed by atoms with van der Waals surface area (Å²) in [4.78, 5) is 25.2. The second-order valence-electron chi connectivity index (χ2n) is 13.7. The Kier molecular flexibility index (Phi) is 6.23. The van der Waals surface area contributed by atoms with Gasteiger partial charge in [0.1, 0.15) is 22.8 Å². The van der Waals surface area contributed by atoms with Crippen molar-refractivity contribution in [2.24, 2.45) is 22.7 Å². The molecule has 0 aromatic carbocycles. The molecule has 2 aliphatic heterocycles. The molecular formula is C32H38FN7O2S. The molecule has 226 valence electrons. The van der Waals surface area contributed by atoms with Crippen LogP contribution in [0.4, 0.5) is 16.0 Å². The van der Waals surface area contributed by atoms with Gasteiger partial charge in [0, 0.05) is 42.8 Å². The molecule has 1 amide bonds. The van der Waals surface area contributed by atoms with E-state index in [0.717, 1.165) is 30.7 Å². The van der Waals surface area contributed by atoms with Crippen molar-refractivity contribution in [3.8, 4) is 11.7 Å². The van der Waals surface area contributed by atoms with Crippen molar-refractivity contribution < 1.29 is 13.9 Å². The molecule has 5 heterocycles. The molecule has 3 saturated carbocycles. The SMILES string of the molecule is CC1(C)CC2CC(F)CNc3cccc(n3)SNC(=O)c3ccc(-n4ccc(OCCC5C6(CC6)C56CC6)n4)nc3N1C2. The molecule has 0 radical (unpaired) electrons. The summed E-state index contributed by atoms with van der Waals surface area (Å²) >= 11 is 1.13. The zero-order chi connectivity index (χ0) is 29.4. The fourth-order valence-corrected chi connectivity index (χ4v) is 9.00. The number of nitrogens with one attached hydrogen (secondary N) is 2. The van der Waals surface area contributed by atoms with Gasteiger partial charge in [0.25, 0.3) is 5.91 Å². The second kappa shape index (κ2) is 9.84. The minimum Gasteiger partial charge on any atom is -0.477 e. The van der Waals surface area contributed by atoms with Gasteiger partial charge in [0.05, 0.1) is 12.2 Å². The molecule has 2 N–H and O–H groups in total. The molecule has 2 unspecified atom stereocenters. The molecule has 8 rings (SSSR count). The number of fused-ring (bicyclic) bond motifs is 7. The number of ether oxygens (including phenoxy) is 1. The van der Waals surface area contributed by atoms with E-state index in [4.69, 9.17) is 9.72 Å². The van der Waals surface area contributed by atoms with Crippen LogP contribution in [0.5, 0.6) is 5.88 Å². The van der Waals surface area contributed by atoms with Crippen molar-refractivity contribution in [3.63, 3.8) is 0 Å². The summed E-state index contributed by atoms with van der Waals surface area (Å²) in [6, 6.07) is 11.0. The van der Waals surface area contributed by atoms with E-state index in [1.807, 2.05) is 36.5 Å². The van der Waals surface area contributed by atoms with Crippen LogP contribution in [0.3, 0.4) is 0 Å². The molecule has 43 heavy (non-hydrogen) atoms. The zero-order valence-electron chi connectivity index (χ0n) is 24.7. The van der Waals surface area contributed by atoms with Crippen molar-refractivity contribution in [1.29, 1.82) is 0 Å². The predicted octanol–water partition coefficient (Wildman–Crippen LogP) is 5.82. The van der Waals surface area contributed by atoms with Crippen molar-refractivity contribution in [2.75, 3.05) is 29.9 Å². The number of anilines is 2. The first kappa shape index (κ1) is 27.2. The van der Waals surface area contributed by atoms with Crippen LogP contribution >= 0.6 is 11.9 Å². The normalized spacial score (nSPS) is 26.2. The number of hydrogen-bond donors (Lipinski definition) is 2. The van der Waals surface area contributed by atoms with Gasteiger partial charge in [-0.3, -0.25) is 9.52 Å². The molecule has 4 bridgehead atoms. The summed E-state index contributed by atoms with van der Waals surface area (Å²) in [7, 11) is 0. The average Bonchev–Trinajstić information content (AvgIpc) is 3.94. The van der Waals surface area contributed by atoms with Crippen LogP contribution in [0.1, 0.15) is 69.2 Å². The smallest absolute Gasteiger partial charge is 0.265 e. The van der Waals surface area contributed by atoms with Crippen LogP contribution in [0.25, 0.3) is 5.82 Å². The molecule has 9 nitrogen and oxygen atoms in total. The summed E-state index contributed by atoms with van der Waals surface area (Å²) in [5, 5.41) is 8.40. The minimum absolute atomic E-state index is 0.118. The summed E-state index contributed by atoms with van der Waals surface area (Å²) in [5.41, 5.74) is 1.52. The average molecular weight is 604 g/mol. The van der Waals surface area contributed by atoms with Gasteiger partial charge in [0.2, 0.25) is 5.88 Å². The van der Waals surface area contributed by atoms with Crippen molar-refractivity contribution in [2.45, 2.75) is 75.5 Å². The highest BCUT2D eigenvalue weighted by molar-refractivity contribution is 7.97. The van der Waals surface area contributed by atoms with Crippen LogP contribution in [-0.4, -0.2) is 57.1 Å². The Labute approximate surface area is 255 Å². The zero-order valence-corrected chi connectivity index (χ0v) is 25.5. The van der Waals surface area contributed by atoms with E-state index in [1.54, 1.807) is 10.7 Å². The van der Waals surface area contributed by atoms with Gasteiger partial charge in [-0.15, -0.1) is 5.10 Å².